The summed E-state index contributed by atoms with van der Waals surface area (Å²) in [6.07, 6.45) is 5.33. The highest BCUT2D eigenvalue weighted by atomic mass is 35.5. The molecule has 0 aliphatic carbocycles. The minimum atomic E-state index is -0.676. The Morgan fingerprint density at radius 1 is 1.59 bits per heavy atom. The molecule has 1 aromatic carbocycles. The summed E-state index contributed by atoms with van der Waals surface area (Å²) in [5, 5.41) is 3.39. The van der Waals surface area contributed by atoms with Gasteiger partial charge in [-0.15, -0.1) is 12.3 Å². The maximum atomic E-state index is 11.7. The Balaban J connectivity index is 2.67. The Kier molecular flexibility index (Phi) is 5.02. The van der Waals surface area contributed by atoms with Crippen molar-refractivity contribution in [3.05, 3.63) is 34.9 Å². The lowest BCUT2D eigenvalue weighted by atomic mass is 10.1. The van der Waals surface area contributed by atoms with E-state index >= 15 is 0 Å². The number of nitrogens with two attached hydrogens (primary N) is 1. The lowest BCUT2D eigenvalue weighted by Crippen LogP contribution is -2.41. The van der Waals surface area contributed by atoms with Gasteiger partial charge in [0.05, 0.1) is 12.1 Å². The van der Waals surface area contributed by atoms with Crippen LogP contribution in [-0.4, -0.2) is 11.9 Å². The van der Waals surface area contributed by atoms with Gasteiger partial charge in [0, 0.05) is 11.4 Å². The predicted octanol–water partition coefficient (Wildman–Crippen LogP) is 1.87. The minimum absolute atomic E-state index is 0.194. The lowest BCUT2D eigenvalue weighted by molar-refractivity contribution is -0.122. The average molecular weight is 251 g/mol. The van der Waals surface area contributed by atoms with Gasteiger partial charge in [-0.2, -0.15) is 0 Å². The molecule has 17 heavy (non-hydrogen) atoms. The van der Waals surface area contributed by atoms with Crippen LogP contribution in [0.5, 0.6) is 0 Å². The first-order valence-electron chi connectivity index (χ1n) is 5.30. The average Bonchev–Trinajstić information content (AvgIpc) is 2.29. The molecule has 90 valence electrons. The fourth-order valence-corrected chi connectivity index (χ4v) is 1.74. The van der Waals surface area contributed by atoms with Gasteiger partial charge in [0.15, 0.2) is 0 Å². The molecule has 0 aliphatic rings. The van der Waals surface area contributed by atoms with Gasteiger partial charge in [-0.3, -0.25) is 4.79 Å². The van der Waals surface area contributed by atoms with Crippen LogP contribution < -0.4 is 11.1 Å². The molecule has 0 saturated carbocycles. The van der Waals surface area contributed by atoms with Crippen molar-refractivity contribution < 1.29 is 4.79 Å². The van der Waals surface area contributed by atoms with E-state index in [0.29, 0.717) is 5.02 Å². The van der Waals surface area contributed by atoms with E-state index in [0.717, 1.165) is 5.56 Å². The zero-order valence-corrected chi connectivity index (χ0v) is 10.4. The molecule has 0 aromatic heterocycles. The van der Waals surface area contributed by atoms with Crippen molar-refractivity contribution in [3.8, 4) is 12.3 Å². The lowest BCUT2D eigenvalue weighted by Gasteiger charge is -2.17. The molecule has 0 aliphatic heterocycles. The number of hydrogen-bond donors (Lipinski definition) is 2. The van der Waals surface area contributed by atoms with Crippen molar-refractivity contribution in [1.82, 2.24) is 5.32 Å². The van der Waals surface area contributed by atoms with Crippen LogP contribution in [0.4, 0.5) is 0 Å². The Hall–Kier alpha value is -1.50. The number of halogens is 1. The highest BCUT2D eigenvalue weighted by Gasteiger charge is 2.16. The zero-order chi connectivity index (χ0) is 12.8. The van der Waals surface area contributed by atoms with Gasteiger partial charge in [-0.25, -0.2) is 0 Å². The molecule has 0 heterocycles. The van der Waals surface area contributed by atoms with Crippen molar-refractivity contribution in [2.75, 3.05) is 0 Å². The standard InChI is InChI=1S/C13H15ClN2O/c1-3-6-12(15)13(17)16-9(2)10-7-4-5-8-11(10)14/h1,4-5,7-9,12H,6,15H2,2H3,(H,16,17). The normalized spacial score (nSPS) is 13.5. The summed E-state index contributed by atoms with van der Waals surface area (Å²) in [7, 11) is 0. The van der Waals surface area contributed by atoms with Crippen LogP contribution >= 0.6 is 11.6 Å². The molecule has 0 fully saturated rings. The van der Waals surface area contributed by atoms with E-state index in [9.17, 15) is 4.79 Å². The molecule has 4 heteroatoms. The van der Waals surface area contributed by atoms with Crippen molar-refractivity contribution in [1.29, 1.82) is 0 Å². The van der Waals surface area contributed by atoms with Crippen LogP contribution in [-0.2, 0) is 4.79 Å². The van der Waals surface area contributed by atoms with Crippen LogP contribution in [0.3, 0.4) is 0 Å². The van der Waals surface area contributed by atoms with Crippen molar-refractivity contribution >= 4 is 17.5 Å². The number of terminal acetylenes is 1. The monoisotopic (exact) mass is 250 g/mol. The van der Waals surface area contributed by atoms with Crippen molar-refractivity contribution in [2.45, 2.75) is 25.4 Å². The highest BCUT2D eigenvalue weighted by Crippen LogP contribution is 2.22. The second-order valence-corrected chi connectivity index (χ2v) is 4.17. The molecule has 1 rings (SSSR count). The number of hydrogen-bond acceptors (Lipinski definition) is 2. The maximum Gasteiger partial charge on any atom is 0.238 e. The van der Waals surface area contributed by atoms with Gasteiger partial charge in [0.25, 0.3) is 0 Å². The molecule has 3 nitrogen and oxygen atoms in total. The Bertz CT molecular complexity index is 439. The second kappa shape index (κ2) is 6.29. The van der Waals surface area contributed by atoms with Gasteiger partial charge >= 0.3 is 0 Å². The second-order valence-electron chi connectivity index (χ2n) is 3.77. The first-order chi connectivity index (χ1) is 8.06. The number of rotatable bonds is 4. The Morgan fingerprint density at radius 2 is 2.24 bits per heavy atom. The third-order valence-corrected chi connectivity index (χ3v) is 2.75. The summed E-state index contributed by atoms with van der Waals surface area (Å²) in [5.41, 5.74) is 6.46. The molecule has 0 spiro atoms. The zero-order valence-electron chi connectivity index (χ0n) is 9.61. The van der Waals surface area contributed by atoms with Gasteiger partial charge in [-0.1, -0.05) is 29.8 Å². The van der Waals surface area contributed by atoms with Crippen LogP contribution in [0.2, 0.25) is 5.02 Å². The number of amides is 1. The summed E-state index contributed by atoms with van der Waals surface area (Å²) in [4.78, 5) is 11.7. The predicted molar refractivity (Wildman–Crippen MR) is 69.4 cm³/mol. The molecule has 3 N–H and O–H groups in total. The first-order valence-corrected chi connectivity index (χ1v) is 5.68. The summed E-state index contributed by atoms with van der Waals surface area (Å²) in [5.74, 6) is 2.09. The maximum absolute atomic E-state index is 11.7. The van der Waals surface area contributed by atoms with E-state index in [2.05, 4.69) is 11.2 Å². The first kappa shape index (κ1) is 13.6. The van der Waals surface area contributed by atoms with Crippen LogP contribution in [0, 0.1) is 12.3 Å². The van der Waals surface area contributed by atoms with Crippen molar-refractivity contribution in [3.63, 3.8) is 0 Å². The Morgan fingerprint density at radius 3 is 2.82 bits per heavy atom. The van der Waals surface area contributed by atoms with Gasteiger partial charge in [-0.05, 0) is 18.6 Å². The van der Waals surface area contributed by atoms with Crippen molar-refractivity contribution in [2.24, 2.45) is 5.73 Å². The van der Waals surface area contributed by atoms with E-state index < -0.39 is 6.04 Å². The van der Waals surface area contributed by atoms with Crippen LogP contribution in [0.15, 0.2) is 24.3 Å². The largest absolute Gasteiger partial charge is 0.348 e. The van der Waals surface area contributed by atoms with E-state index in [1.54, 1.807) is 6.07 Å². The van der Waals surface area contributed by atoms with Crippen LogP contribution in [0.1, 0.15) is 24.9 Å². The molecular formula is C13H15ClN2O. The molecule has 0 bridgehead atoms. The van der Waals surface area contributed by atoms with Gasteiger partial charge in [0.2, 0.25) is 5.91 Å². The minimum Gasteiger partial charge on any atom is -0.348 e. The number of carbonyl (C=O) groups is 1. The molecule has 1 aromatic rings. The van der Waals surface area contributed by atoms with E-state index in [4.69, 9.17) is 23.8 Å². The smallest absolute Gasteiger partial charge is 0.238 e. The highest BCUT2D eigenvalue weighted by molar-refractivity contribution is 6.31. The van der Waals surface area contributed by atoms with Gasteiger partial charge in [0.1, 0.15) is 0 Å². The number of nitrogens with one attached hydrogen (secondary N) is 1. The number of benzene rings is 1. The van der Waals surface area contributed by atoms with E-state index in [1.807, 2.05) is 25.1 Å². The summed E-state index contributed by atoms with van der Waals surface area (Å²) >= 11 is 6.03. The summed E-state index contributed by atoms with van der Waals surface area (Å²) < 4.78 is 0. The SMILES string of the molecule is C#CCC(N)C(=O)NC(C)c1ccccc1Cl. The fraction of sp³-hybridized carbons (Fsp3) is 0.308. The Labute approximate surface area is 106 Å². The quantitative estimate of drug-likeness (QED) is 0.802. The van der Waals surface area contributed by atoms with Gasteiger partial charge < -0.3 is 11.1 Å². The molecular weight excluding hydrogens is 236 g/mol. The topological polar surface area (TPSA) is 55.1 Å². The summed E-state index contributed by atoms with van der Waals surface area (Å²) in [6.45, 7) is 1.85. The molecule has 1 amide bonds. The third-order valence-electron chi connectivity index (χ3n) is 2.41. The summed E-state index contributed by atoms with van der Waals surface area (Å²) in [6, 6.07) is 6.47. The molecule has 0 radical (unpaired) electrons. The molecule has 2 unspecified atom stereocenters. The fourth-order valence-electron chi connectivity index (χ4n) is 1.44. The van der Waals surface area contributed by atoms with E-state index in [-0.39, 0.29) is 18.4 Å². The van der Waals surface area contributed by atoms with E-state index in [1.165, 1.54) is 0 Å². The number of carbonyl (C=O) groups excluding carboxylic acids is 1. The molecule has 0 saturated heterocycles. The molecule has 2 atom stereocenters. The third kappa shape index (κ3) is 3.77. The van der Waals surface area contributed by atoms with Crippen LogP contribution in [0.25, 0.3) is 0 Å².